The molecule has 0 aromatic heterocycles. The molecule has 1 N–H and O–H groups in total. The molecule has 0 atom stereocenters. The second-order valence-corrected chi connectivity index (χ2v) is 5.82. The summed E-state index contributed by atoms with van der Waals surface area (Å²) in [6.45, 7) is 2.03. The Kier molecular flexibility index (Phi) is 5.33. The molecule has 2 aromatic carbocycles. The SMILES string of the molecule is COC(=O)c1c(O)cc(OC)cc1CSc1ccc(C)cc1. The van der Waals surface area contributed by atoms with E-state index in [0.717, 1.165) is 4.90 Å². The van der Waals surface area contributed by atoms with Gasteiger partial charge in [0.05, 0.1) is 14.2 Å². The number of ether oxygens (including phenoxy) is 2. The van der Waals surface area contributed by atoms with Crippen LogP contribution in [0.1, 0.15) is 21.5 Å². The van der Waals surface area contributed by atoms with Crippen molar-refractivity contribution in [3.8, 4) is 11.5 Å². The van der Waals surface area contributed by atoms with Gasteiger partial charge in [0, 0.05) is 16.7 Å². The average molecular weight is 318 g/mol. The van der Waals surface area contributed by atoms with E-state index >= 15 is 0 Å². The first kappa shape index (κ1) is 16.2. The summed E-state index contributed by atoms with van der Waals surface area (Å²) in [6, 6.07) is 11.3. The molecule has 0 heterocycles. The zero-order valence-corrected chi connectivity index (χ0v) is 13.6. The molecule has 0 amide bonds. The Hall–Kier alpha value is -2.14. The van der Waals surface area contributed by atoms with Crippen molar-refractivity contribution in [3.05, 3.63) is 53.1 Å². The van der Waals surface area contributed by atoms with Crippen LogP contribution in [-0.2, 0) is 10.5 Å². The molecule has 4 nitrogen and oxygen atoms in total. The number of methoxy groups -OCH3 is 2. The quantitative estimate of drug-likeness (QED) is 0.671. The van der Waals surface area contributed by atoms with Crippen LogP contribution >= 0.6 is 11.8 Å². The number of carbonyl (C=O) groups excluding carboxylic acids is 1. The second-order valence-electron chi connectivity index (χ2n) is 4.77. The molecule has 116 valence electrons. The summed E-state index contributed by atoms with van der Waals surface area (Å²) in [5, 5.41) is 10.0. The van der Waals surface area contributed by atoms with E-state index in [1.165, 1.54) is 25.8 Å². The fraction of sp³-hybridized carbons (Fsp3) is 0.235. The number of esters is 1. The predicted molar refractivity (Wildman–Crippen MR) is 86.7 cm³/mol. The highest BCUT2D eigenvalue weighted by Gasteiger charge is 2.19. The van der Waals surface area contributed by atoms with Crippen molar-refractivity contribution in [1.29, 1.82) is 0 Å². The number of phenolic OH excluding ortho intramolecular Hbond substituents is 1. The summed E-state index contributed by atoms with van der Waals surface area (Å²) in [5.41, 5.74) is 2.05. The van der Waals surface area contributed by atoms with Gasteiger partial charge in [-0.2, -0.15) is 0 Å². The second kappa shape index (κ2) is 7.22. The maximum atomic E-state index is 11.9. The Labute approximate surface area is 134 Å². The minimum absolute atomic E-state index is 0.134. The van der Waals surface area contributed by atoms with E-state index in [-0.39, 0.29) is 11.3 Å². The van der Waals surface area contributed by atoms with Gasteiger partial charge in [-0.1, -0.05) is 17.7 Å². The molecule has 2 aromatic rings. The molecule has 0 saturated carbocycles. The highest BCUT2D eigenvalue weighted by molar-refractivity contribution is 7.98. The molecule has 5 heteroatoms. The number of rotatable bonds is 5. The van der Waals surface area contributed by atoms with Crippen LogP contribution in [0.5, 0.6) is 11.5 Å². The molecule has 0 radical (unpaired) electrons. The van der Waals surface area contributed by atoms with E-state index in [9.17, 15) is 9.90 Å². The van der Waals surface area contributed by atoms with Gasteiger partial charge in [-0.15, -0.1) is 11.8 Å². The van der Waals surface area contributed by atoms with Crippen molar-refractivity contribution in [2.45, 2.75) is 17.6 Å². The van der Waals surface area contributed by atoms with Crippen molar-refractivity contribution in [1.82, 2.24) is 0 Å². The van der Waals surface area contributed by atoms with E-state index in [0.29, 0.717) is 17.1 Å². The van der Waals surface area contributed by atoms with Gasteiger partial charge in [0.1, 0.15) is 17.1 Å². The van der Waals surface area contributed by atoms with Crippen LogP contribution in [0.15, 0.2) is 41.3 Å². The van der Waals surface area contributed by atoms with E-state index < -0.39 is 5.97 Å². The fourth-order valence-electron chi connectivity index (χ4n) is 2.02. The first-order chi connectivity index (χ1) is 10.5. The van der Waals surface area contributed by atoms with Gasteiger partial charge in [-0.05, 0) is 30.7 Å². The highest BCUT2D eigenvalue weighted by atomic mass is 32.2. The smallest absolute Gasteiger partial charge is 0.341 e. The average Bonchev–Trinajstić information content (AvgIpc) is 2.53. The first-order valence-electron chi connectivity index (χ1n) is 6.72. The van der Waals surface area contributed by atoms with Crippen LogP contribution in [0.25, 0.3) is 0 Å². The maximum absolute atomic E-state index is 11.9. The third-order valence-corrected chi connectivity index (χ3v) is 4.27. The largest absolute Gasteiger partial charge is 0.507 e. The Morgan fingerprint density at radius 1 is 1.18 bits per heavy atom. The third kappa shape index (κ3) is 3.74. The van der Waals surface area contributed by atoms with Gasteiger partial charge < -0.3 is 14.6 Å². The van der Waals surface area contributed by atoms with Crippen molar-refractivity contribution in [2.24, 2.45) is 0 Å². The summed E-state index contributed by atoms with van der Waals surface area (Å²) in [4.78, 5) is 13.0. The summed E-state index contributed by atoms with van der Waals surface area (Å²) < 4.78 is 9.90. The van der Waals surface area contributed by atoms with E-state index in [2.05, 4.69) is 0 Å². The molecule has 0 bridgehead atoms. The van der Waals surface area contributed by atoms with Crippen molar-refractivity contribution in [3.63, 3.8) is 0 Å². The van der Waals surface area contributed by atoms with Crippen molar-refractivity contribution < 1.29 is 19.4 Å². The number of phenols is 1. The van der Waals surface area contributed by atoms with Gasteiger partial charge >= 0.3 is 5.97 Å². The Bertz CT molecular complexity index is 665. The number of carbonyl (C=O) groups is 1. The summed E-state index contributed by atoms with van der Waals surface area (Å²) >= 11 is 1.58. The lowest BCUT2D eigenvalue weighted by Gasteiger charge is -2.12. The Balaban J connectivity index is 2.29. The topological polar surface area (TPSA) is 55.8 Å². The molecule has 0 saturated heterocycles. The molecule has 0 spiro atoms. The molecule has 0 unspecified atom stereocenters. The minimum Gasteiger partial charge on any atom is -0.507 e. The van der Waals surface area contributed by atoms with E-state index in [1.807, 2.05) is 31.2 Å². The Morgan fingerprint density at radius 2 is 1.86 bits per heavy atom. The molecular formula is C17H18O4S. The summed E-state index contributed by atoms with van der Waals surface area (Å²) in [5.74, 6) is 0.341. The number of aryl methyl sites for hydroxylation is 1. The van der Waals surface area contributed by atoms with Gasteiger partial charge in [0.25, 0.3) is 0 Å². The van der Waals surface area contributed by atoms with Gasteiger partial charge in [0.15, 0.2) is 0 Å². The zero-order valence-electron chi connectivity index (χ0n) is 12.8. The molecular weight excluding hydrogens is 300 g/mol. The van der Waals surface area contributed by atoms with Gasteiger partial charge in [-0.3, -0.25) is 0 Å². The monoisotopic (exact) mass is 318 g/mol. The summed E-state index contributed by atoms with van der Waals surface area (Å²) in [7, 11) is 2.81. The predicted octanol–water partition coefficient (Wildman–Crippen LogP) is 3.79. The lowest BCUT2D eigenvalue weighted by molar-refractivity contribution is 0.0596. The van der Waals surface area contributed by atoms with Crippen LogP contribution in [-0.4, -0.2) is 25.3 Å². The van der Waals surface area contributed by atoms with Crippen molar-refractivity contribution >= 4 is 17.7 Å². The molecule has 0 aliphatic rings. The normalized spacial score (nSPS) is 10.3. The third-order valence-electron chi connectivity index (χ3n) is 3.21. The van der Waals surface area contributed by atoms with Crippen LogP contribution in [0.4, 0.5) is 0 Å². The number of hydrogen-bond acceptors (Lipinski definition) is 5. The van der Waals surface area contributed by atoms with Crippen LogP contribution < -0.4 is 4.74 Å². The molecule has 0 aliphatic carbocycles. The number of aromatic hydroxyl groups is 1. The molecule has 22 heavy (non-hydrogen) atoms. The highest BCUT2D eigenvalue weighted by Crippen LogP contribution is 2.33. The fourth-order valence-corrected chi connectivity index (χ4v) is 2.90. The van der Waals surface area contributed by atoms with Gasteiger partial charge in [0.2, 0.25) is 0 Å². The Morgan fingerprint density at radius 3 is 2.45 bits per heavy atom. The lowest BCUT2D eigenvalue weighted by atomic mass is 10.1. The van der Waals surface area contributed by atoms with E-state index in [1.54, 1.807) is 17.8 Å². The number of benzene rings is 2. The molecule has 0 fully saturated rings. The van der Waals surface area contributed by atoms with Crippen LogP contribution in [0.3, 0.4) is 0 Å². The molecule has 2 rings (SSSR count). The summed E-state index contributed by atoms with van der Waals surface area (Å²) in [6.07, 6.45) is 0. The van der Waals surface area contributed by atoms with Crippen LogP contribution in [0, 0.1) is 6.92 Å². The number of thioether (sulfide) groups is 1. The zero-order chi connectivity index (χ0) is 16.1. The number of hydrogen-bond donors (Lipinski definition) is 1. The van der Waals surface area contributed by atoms with E-state index in [4.69, 9.17) is 9.47 Å². The maximum Gasteiger partial charge on any atom is 0.341 e. The minimum atomic E-state index is -0.556. The molecule has 0 aliphatic heterocycles. The van der Waals surface area contributed by atoms with Crippen molar-refractivity contribution in [2.75, 3.05) is 14.2 Å². The first-order valence-corrected chi connectivity index (χ1v) is 7.71. The standard InChI is InChI=1S/C17H18O4S/c1-11-4-6-14(7-5-11)22-10-12-8-13(20-2)9-15(18)16(12)17(19)21-3/h4-9,18H,10H2,1-3H3. The van der Waals surface area contributed by atoms with Gasteiger partial charge in [-0.25, -0.2) is 4.79 Å². The van der Waals surface area contributed by atoms with Crippen LogP contribution in [0.2, 0.25) is 0 Å². The lowest BCUT2D eigenvalue weighted by Crippen LogP contribution is -2.06.